The minimum absolute atomic E-state index is 0.0953. The van der Waals surface area contributed by atoms with Crippen LogP contribution in [0.2, 0.25) is 0 Å². The molecule has 0 fully saturated rings. The summed E-state index contributed by atoms with van der Waals surface area (Å²) < 4.78 is 16.9. The molecule has 0 saturated heterocycles. The number of carbonyl (C=O) groups excluding carboxylic acids is 3. The first-order chi connectivity index (χ1) is 34.5. The van der Waals surface area contributed by atoms with Gasteiger partial charge in [0.05, 0.1) is 0 Å². The molecule has 0 aliphatic carbocycles. The molecule has 0 spiro atoms. The largest absolute Gasteiger partial charge is 0.462 e. The average Bonchev–Trinajstić information content (AvgIpc) is 3.36. The van der Waals surface area contributed by atoms with Gasteiger partial charge in [0, 0.05) is 19.3 Å². The molecule has 402 valence electrons. The minimum atomic E-state index is -0.803. The van der Waals surface area contributed by atoms with Gasteiger partial charge in [0.25, 0.3) is 0 Å². The van der Waals surface area contributed by atoms with Crippen molar-refractivity contribution in [2.45, 2.75) is 290 Å². The van der Waals surface area contributed by atoms with Crippen LogP contribution < -0.4 is 0 Å². The van der Waals surface area contributed by atoms with Gasteiger partial charge in [-0.15, -0.1) is 0 Å². The fourth-order valence-electron chi connectivity index (χ4n) is 8.35. The van der Waals surface area contributed by atoms with E-state index >= 15 is 0 Å². The van der Waals surface area contributed by atoms with Crippen LogP contribution in [0.4, 0.5) is 0 Å². The highest BCUT2D eigenvalue weighted by Gasteiger charge is 2.19. The van der Waals surface area contributed by atoms with Crippen LogP contribution in [0.5, 0.6) is 0 Å². The summed E-state index contributed by atoms with van der Waals surface area (Å²) in [6.07, 6.45) is 75.7. The van der Waals surface area contributed by atoms with Crippen LogP contribution in [0, 0.1) is 0 Å². The molecule has 6 nitrogen and oxygen atoms in total. The number of unbranched alkanes of at least 4 members (excludes halogenated alkanes) is 33. The number of hydrogen-bond acceptors (Lipinski definition) is 6. The smallest absolute Gasteiger partial charge is 0.306 e. The maximum Gasteiger partial charge on any atom is 0.306 e. The molecule has 0 heterocycles. The van der Waals surface area contributed by atoms with Crippen LogP contribution >= 0.6 is 0 Å². The summed E-state index contributed by atoms with van der Waals surface area (Å²) in [6.45, 7) is 6.48. The molecule has 0 N–H and O–H groups in total. The maximum absolute atomic E-state index is 12.9. The van der Waals surface area contributed by atoms with Crippen molar-refractivity contribution in [2.75, 3.05) is 13.2 Å². The van der Waals surface area contributed by atoms with Crippen LogP contribution in [-0.4, -0.2) is 37.2 Å². The van der Waals surface area contributed by atoms with E-state index < -0.39 is 6.10 Å². The van der Waals surface area contributed by atoms with Crippen molar-refractivity contribution >= 4 is 17.9 Å². The van der Waals surface area contributed by atoms with E-state index in [0.717, 1.165) is 70.6 Å². The number of allylic oxidation sites excluding steroid dienone is 14. The Morgan fingerprint density at radius 3 is 0.929 bits per heavy atom. The third-order valence-corrected chi connectivity index (χ3v) is 12.8. The second kappa shape index (κ2) is 58.2. The van der Waals surface area contributed by atoms with Gasteiger partial charge in [0.1, 0.15) is 13.2 Å². The van der Waals surface area contributed by atoms with Crippen molar-refractivity contribution in [1.82, 2.24) is 0 Å². The molecule has 1 atom stereocenters. The molecule has 6 heteroatoms. The third-order valence-electron chi connectivity index (χ3n) is 12.8. The van der Waals surface area contributed by atoms with Gasteiger partial charge in [-0.2, -0.15) is 0 Å². The summed E-state index contributed by atoms with van der Waals surface area (Å²) >= 11 is 0. The van der Waals surface area contributed by atoms with E-state index in [9.17, 15) is 14.4 Å². The second-order valence-electron chi connectivity index (χ2n) is 19.7. The Labute approximate surface area is 433 Å². The predicted octanol–water partition coefficient (Wildman–Crippen LogP) is 19.9. The van der Waals surface area contributed by atoms with E-state index in [2.05, 4.69) is 45.1 Å². The highest BCUT2D eigenvalue weighted by molar-refractivity contribution is 5.71. The molecular weight excluding hydrogens is 865 g/mol. The van der Waals surface area contributed by atoms with E-state index in [-0.39, 0.29) is 37.5 Å². The molecule has 1 unspecified atom stereocenters. The van der Waals surface area contributed by atoms with Gasteiger partial charge in [-0.05, 0) is 64.2 Å². The highest BCUT2D eigenvalue weighted by atomic mass is 16.6. The van der Waals surface area contributed by atoms with Gasteiger partial charge in [0.2, 0.25) is 0 Å². The molecule has 0 aliphatic heterocycles. The maximum atomic E-state index is 12.9. The molecule has 0 radical (unpaired) electrons. The zero-order valence-corrected chi connectivity index (χ0v) is 46.0. The molecule has 70 heavy (non-hydrogen) atoms. The van der Waals surface area contributed by atoms with Crippen molar-refractivity contribution in [3.05, 3.63) is 85.1 Å². The van der Waals surface area contributed by atoms with Crippen LogP contribution in [0.1, 0.15) is 284 Å². The summed E-state index contributed by atoms with van der Waals surface area (Å²) in [4.78, 5) is 38.2. The average molecular weight is 976 g/mol. The number of ether oxygens (including phenoxy) is 3. The highest BCUT2D eigenvalue weighted by Crippen LogP contribution is 2.16. The Morgan fingerprint density at radius 2 is 0.571 bits per heavy atom. The Morgan fingerprint density at radius 1 is 0.300 bits per heavy atom. The third kappa shape index (κ3) is 55.5. The summed E-state index contributed by atoms with van der Waals surface area (Å²) in [5, 5.41) is 0. The molecule has 0 aromatic heterocycles. The van der Waals surface area contributed by atoms with Gasteiger partial charge in [0.15, 0.2) is 6.10 Å². The lowest BCUT2D eigenvalue weighted by Crippen LogP contribution is -2.30. The van der Waals surface area contributed by atoms with Gasteiger partial charge >= 0.3 is 17.9 Å². The first-order valence-corrected chi connectivity index (χ1v) is 29.7. The number of hydrogen-bond donors (Lipinski definition) is 0. The second-order valence-corrected chi connectivity index (χ2v) is 19.7. The van der Waals surface area contributed by atoms with Gasteiger partial charge in [-0.3, -0.25) is 14.4 Å². The molecule has 0 rings (SSSR count). The molecule has 0 saturated carbocycles. The predicted molar refractivity (Wildman–Crippen MR) is 302 cm³/mol. The Balaban J connectivity index is 4.45. The summed E-state index contributed by atoms with van der Waals surface area (Å²) in [5.41, 5.74) is 0. The van der Waals surface area contributed by atoms with E-state index in [1.54, 1.807) is 0 Å². The van der Waals surface area contributed by atoms with Gasteiger partial charge < -0.3 is 14.2 Å². The Kier molecular flexibility index (Phi) is 55.3. The Bertz CT molecular complexity index is 1350. The number of esters is 3. The van der Waals surface area contributed by atoms with Crippen LogP contribution in [0.25, 0.3) is 0 Å². The quantitative estimate of drug-likeness (QED) is 0.0199. The topological polar surface area (TPSA) is 78.9 Å². The molecule has 0 aliphatic rings. The zero-order valence-electron chi connectivity index (χ0n) is 46.0. The van der Waals surface area contributed by atoms with Gasteiger partial charge in [-0.25, -0.2) is 0 Å². The summed E-state index contributed by atoms with van der Waals surface area (Å²) in [7, 11) is 0. The van der Waals surface area contributed by atoms with Crippen LogP contribution in [-0.2, 0) is 28.6 Å². The lowest BCUT2D eigenvalue weighted by atomic mass is 10.0. The molecule has 0 aromatic rings. The van der Waals surface area contributed by atoms with E-state index in [4.69, 9.17) is 14.2 Å². The fourth-order valence-corrected chi connectivity index (χ4v) is 8.35. The fraction of sp³-hybridized carbons (Fsp3) is 0.734. The molecule has 0 amide bonds. The van der Waals surface area contributed by atoms with Crippen molar-refractivity contribution in [3.8, 4) is 0 Å². The molecule has 0 aromatic carbocycles. The minimum Gasteiger partial charge on any atom is -0.462 e. The van der Waals surface area contributed by atoms with Crippen LogP contribution in [0.3, 0.4) is 0 Å². The van der Waals surface area contributed by atoms with E-state index in [0.29, 0.717) is 19.3 Å². The number of rotatable bonds is 53. The first kappa shape index (κ1) is 66.6. The summed E-state index contributed by atoms with van der Waals surface area (Å²) in [6, 6.07) is 0. The lowest BCUT2D eigenvalue weighted by Gasteiger charge is -2.18. The summed E-state index contributed by atoms with van der Waals surface area (Å²) in [5.74, 6) is -0.938. The lowest BCUT2D eigenvalue weighted by molar-refractivity contribution is -0.167. The van der Waals surface area contributed by atoms with Crippen molar-refractivity contribution in [1.29, 1.82) is 0 Å². The van der Waals surface area contributed by atoms with Crippen LogP contribution in [0.15, 0.2) is 85.1 Å². The zero-order chi connectivity index (χ0) is 50.7. The van der Waals surface area contributed by atoms with Crippen molar-refractivity contribution < 1.29 is 28.6 Å². The molecule has 0 bridgehead atoms. The van der Waals surface area contributed by atoms with Gasteiger partial charge in [-0.1, -0.05) is 286 Å². The van der Waals surface area contributed by atoms with Crippen molar-refractivity contribution in [2.24, 2.45) is 0 Å². The molecular formula is C64H110O6. The number of carbonyl (C=O) groups is 3. The van der Waals surface area contributed by atoms with Crippen molar-refractivity contribution in [3.63, 3.8) is 0 Å². The standard InChI is InChI=1S/C64H110O6/c1-4-7-10-13-16-19-22-25-28-31-32-34-36-39-42-45-48-51-54-57-63(66)69-60-61(59-68-62(65)56-53-50-47-44-41-38-35-30-27-24-21-18-15-12-9-6-3)70-64(67)58-55-52-49-46-43-40-37-33-29-26-23-20-17-14-11-8-5-2/h8,11,14,17,20,23,26,29-30,33,35,37,40,43,61H,4-7,9-10,12-13,15-16,18-19,21-22,24-25,27-28,31-32,34,36,38-39,41-42,44-60H2,1-3H3/b11-8-,17-14-,23-20-,29-26-,35-30-,37-33+,43-40-. The van der Waals surface area contributed by atoms with E-state index in [1.165, 1.54) is 167 Å². The monoisotopic (exact) mass is 975 g/mol. The Hall–Kier alpha value is -3.41. The van der Waals surface area contributed by atoms with E-state index in [1.807, 2.05) is 60.8 Å². The normalized spacial score (nSPS) is 12.7. The first-order valence-electron chi connectivity index (χ1n) is 29.7. The SMILES string of the molecule is CC\C=C/C=C\C=C/C=C\C=C\C=C/CCCCCC(=O)OC(COC(=O)CCCCCCC/C=C\CCCCCCCCC)COC(=O)CCCCCCCCCCCCCCCCCCCCC.